The molecule has 0 atom stereocenters. The summed E-state index contributed by atoms with van der Waals surface area (Å²) < 4.78 is 6.46. The van der Waals surface area contributed by atoms with Gasteiger partial charge in [-0.1, -0.05) is 0 Å². The minimum absolute atomic E-state index is 0.248. The Bertz CT molecular complexity index is 901. The lowest BCUT2D eigenvalue weighted by Gasteiger charge is -2.05. The van der Waals surface area contributed by atoms with E-state index in [4.69, 9.17) is 10.00 Å². The Labute approximate surface area is 137 Å². The molecule has 0 N–H and O–H groups in total. The molecule has 2 aromatic heterocycles. The van der Waals surface area contributed by atoms with E-state index in [1.807, 2.05) is 18.4 Å². The molecular weight excluding hydrogens is 310 g/mol. The van der Waals surface area contributed by atoms with Crippen LogP contribution in [0.25, 0.3) is 16.3 Å². The molecule has 0 amide bonds. The summed E-state index contributed by atoms with van der Waals surface area (Å²) in [5, 5.41) is 15.3. The summed E-state index contributed by atoms with van der Waals surface area (Å²) in [7, 11) is 1.33. The summed E-state index contributed by atoms with van der Waals surface area (Å²) in [4.78, 5) is 12.8. The highest BCUT2D eigenvalue weighted by molar-refractivity contribution is 7.13. The minimum atomic E-state index is -0.480. The molecule has 0 aliphatic rings. The van der Waals surface area contributed by atoms with E-state index in [1.54, 1.807) is 46.4 Å². The molecule has 0 bridgehead atoms. The van der Waals surface area contributed by atoms with E-state index in [0.717, 1.165) is 21.8 Å². The summed E-state index contributed by atoms with van der Waals surface area (Å²) >= 11 is 1.59. The Balaban J connectivity index is 2.15. The fourth-order valence-corrected chi connectivity index (χ4v) is 3.10. The lowest BCUT2D eigenvalue weighted by molar-refractivity contribution is 0.0593. The van der Waals surface area contributed by atoms with Crippen LogP contribution in [-0.4, -0.2) is 22.9 Å². The third kappa shape index (κ3) is 2.87. The number of hydrogen-bond acceptors (Lipinski definition) is 5. The molecule has 0 fully saturated rings. The maximum Gasteiger partial charge on any atom is 0.358 e. The quantitative estimate of drug-likeness (QED) is 0.691. The van der Waals surface area contributed by atoms with Gasteiger partial charge in [0.1, 0.15) is 0 Å². The van der Waals surface area contributed by atoms with Gasteiger partial charge in [-0.3, -0.25) is 0 Å². The number of rotatable bonds is 3. The highest BCUT2D eigenvalue weighted by Gasteiger charge is 2.18. The third-order valence-corrected chi connectivity index (χ3v) is 4.40. The second-order valence-corrected chi connectivity index (χ2v) is 5.88. The number of nitrogens with zero attached hydrogens (tertiary/aromatic N) is 3. The second kappa shape index (κ2) is 6.07. The van der Waals surface area contributed by atoms with Crippen LogP contribution in [0.15, 0.2) is 41.8 Å². The normalized spacial score (nSPS) is 10.3. The van der Waals surface area contributed by atoms with Crippen LogP contribution in [-0.2, 0) is 4.74 Å². The highest BCUT2D eigenvalue weighted by atomic mass is 32.1. The van der Waals surface area contributed by atoms with Crippen LogP contribution in [0.5, 0.6) is 0 Å². The predicted octanol–water partition coefficient (Wildman–Crippen LogP) is 3.57. The zero-order valence-electron chi connectivity index (χ0n) is 12.6. The zero-order chi connectivity index (χ0) is 16.4. The average molecular weight is 323 g/mol. The smallest absolute Gasteiger partial charge is 0.358 e. The lowest BCUT2D eigenvalue weighted by Crippen LogP contribution is -2.04. The number of carbonyl (C=O) groups excluding carboxylic acids is 1. The molecule has 0 saturated carbocycles. The molecule has 3 aromatic rings. The van der Waals surface area contributed by atoms with Crippen molar-refractivity contribution in [1.82, 2.24) is 9.78 Å². The van der Waals surface area contributed by atoms with E-state index >= 15 is 0 Å². The van der Waals surface area contributed by atoms with Gasteiger partial charge in [-0.25, -0.2) is 9.48 Å². The molecule has 0 saturated heterocycles. The van der Waals surface area contributed by atoms with Crippen LogP contribution in [0.2, 0.25) is 0 Å². The van der Waals surface area contributed by atoms with Gasteiger partial charge in [0, 0.05) is 6.07 Å². The van der Waals surface area contributed by atoms with Crippen LogP contribution < -0.4 is 0 Å². The fraction of sp³-hybridized carbons (Fsp3) is 0.118. The lowest BCUT2D eigenvalue weighted by atomic mass is 10.2. The van der Waals surface area contributed by atoms with Crippen molar-refractivity contribution in [2.24, 2.45) is 0 Å². The number of aromatic nitrogens is 2. The Hall–Kier alpha value is -2.91. The number of methoxy groups -OCH3 is 1. The highest BCUT2D eigenvalue weighted by Crippen LogP contribution is 2.30. The van der Waals surface area contributed by atoms with E-state index in [1.165, 1.54) is 7.11 Å². The summed E-state index contributed by atoms with van der Waals surface area (Å²) in [5.41, 5.74) is 3.56. The van der Waals surface area contributed by atoms with Crippen LogP contribution in [0, 0.1) is 18.3 Å². The molecule has 6 heteroatoms. The van der Waals surface area contributed by atoms with Gasteiger partial charge >= 0.3 is 5.97 Å². The molecule has 114 valence electrons. The number of esters is 1. The van der Waals surface area contributed by atoms with Crippen LogP contribution in [0.3, 0.4) is 0 Å². The molecule has 23 heavy (non-hydrogen) atoms. The Morgan fingerprint density at radius 3 is 2.61 bits per heavy atom. The van der Waals surface area contributed by atoms with Gasteiger partial charge < -0.3 is 4.74 Å². The monoisotopic (exact) mass is 323 g/mol. The Morgan fingerprint density at radius 1 is 1.30 bits per heavy atom. The second-order valence-electron chi connectivity index (χ2n) is 4.97. The molecule has 5 nitrogen and oxygen atoms in total. The topological polar surface area (TPSA) is 67.9 Å². The van der Waals surface area contributed by atoms with Crippen LogP contribution in [0.1, 0.15) is 21.6 Å². The Kier molecular flexibility index (Phi) is 3.96. The minimum Gasteiger partial charge on any atom is -0.464 e. The largest absolute Gasteiger partial charge is 0.464 e. The number of thiophene rings is 1. The van der Waals surface area contributed by atoms with Gasteiger partial charge in [-0.15, -0.1) is 11.3 Å². The molecule has 0 spiro atoms. The third-order valence-electron chi connectivity index (χ3n) is 3.33. The Morgan fingerprint density at radius 2 is 2.04 bits per heavy atom. The molecule has 0 radical (unpaired) electrons. The molecule has 0 unspecified atom stereocenters. The first-order chi connectivity index (χ1) is 11.1. The van der Waals surface area contributed by atoms with Crippen molar-refractivity contribution < 1.29 is 9.53 Å². The zero-order valence-corrected chi connectivity index (χ0v) is 13.4. The van der Waals surface area contributed by atoms with Gasteiger partial charge in [-0.2, -0.15) is 10.4 Å². The summed E-state index contributed by atoms with van der Waals surface area (Å²) in [6.07, 6.45) is 0. The van der Waals surface area contributed by atoms with E-state index in [2.05, 4.69) is 11.2 Å². The van der Waals surface area contributed by atoms with Crippen molar-refractivity contribution in [2.75, 3.05) is 7.11 Å². The van der Waals surface area contributed by atoms with Gasteiger partial charge in [0.2, 0.25) is 0 Å². The summed E-state index contributed by atoms with van der Waals surface area (Å²) in [6, 6.07) is 12.9. The first-order valence-corrected chi connectivity index (χ1v) is 7.75. The SMILES string of the molecule is COC(=O)c1cc(-c2cc(C)cs2)n(-c2ccc(C#N)cc2)n1. The maximum atomic E-state index is 11.8. The first-order valence-electron chi connectivity index (χ1n) is 6.87. The average Bonchev–Trinajstić information content (AvgIpc) is 3.20. The van der Waals surface area contributed by atoms with Crippen molar-refractivity contribution in [2.45, 2.75) is 6.92 Å². The van der Waals surface area contributed by atoms with Gasteiger partial charge in [0.15, 0.2) is 5.69 Å². The van der Waals surface area contributed by atoms with Gasteiger partial charge in [-0.05, 0) is 48.2 Å². The summed E-state index contributed by atoms with van der Waals surface area (Å²) in [5.74, 6) is -0.480. The number of carbonyl (C=O) groups is 1. The van der Waals surface area contributed by atoms with Crippen LogP contribution >= 0.6 is 11.3 Å². The van der Waals surface area contributed by atoms with Crippen molar-refractivity contribution in [3.63, 3.8) is 0 Å². The summed E-state index contributed by atoms with van der Waals surface area (Å²) in [6.45, 7) is 2.02. The molecule has 2 heterocycles. The van der Waals surface area contributed by atoms with E-state index in [-0.39, 0.29) is 5.69 Å². The molecular formula is C17H13N3O2S. The number of benzene rings is 1. The van der Waals surface area contributed by atoms with Crippen molar-refractivity contribution >= 4 is 17.3 Å². The first kappa shape index (κ1) is 15.0. The molecule has 3 rings (SSSR count). The van der Waals surface area contributed by atoms with Crippen molar-refractivity contribution in [3.05, 3.63) is 58.6 Å². The molecule has 0 aliphatic heterocycles. The number of hydrogen-bond donors (Lipinski definition) is 0. The molecule has 0 aliphatic carbocycles. The van der Waals surface area contributed by atoms with E-state index < -0.39 is 5.97 Å². The number of nitriles is 1. The number of aryl methyl sites for hydroxylation is 1. The van der Waals surface area contributed by atoms with Crippen LogP contribution in [0.4, 0.5) is 0 Å². The number of ether oxygens (including phenoxy) is 1. The maximum absolute atomic E-state index is 11.8. The van der Waals surface area contributed by atoms with Gasteiger partial charge in [0.05, 0.1) is 35.0 Å². The van der Waals surface area contributed by atoms with Crippen molar-refractivity contribution in [3.8, 4) is 22.3 Å². The van der Waals surface area contributed by atoms with E-state index in [9.17, 15) is 4.79 Å². The van der Waals surface area contributed by atoms with Crippen molar-refractivity contribution in [1.29, 1.82) is 5.26 Å². The fourth-order valence-electron chi connectivity index (χ4n) is 2.20. The predicted molar refractivity (Wildman–Crippen MR) is 87.7 cm³/mol. The van der Waals surface area contributed by atoms with Gasteiger partial charge in [0.25, 0.3) is 0 Å². The standard InChI is InChI=1S/C17H13N3O2S/c1-11-7-16(23-10-11)15-8-14(17(21)22-2)19-20(15)13-5-3-12(9-18)4-6-13/h3-8,10H,1-2H3. The molecule has 1 aromatic carbocycles. The van der Waals surface area contributed by atoms with E-state index in [0.29, 0.717) is 5.56 Å².